The molecule has 1 aromatic rings. The van der Waals surface area contributed by atoms with Gasteiger partial charge in [-0.05, 0) is 32.3 Å². The summed E-state index contributed by atoms with van der Waals surface area (Å²) in [6, 6.07) is 4.59. The molecular weight excluding hydrogens is 182 g/mol. The second-order valence-corrected chi connectivity index (χ2v) is 4.46. The molecule has 0 bridgehead atoms. The van der Waals surface area contributed by atoms with Crippen molar-refractivity contribution in [2.75, 3.05) is 13.6 Å². The number of rotatable bonds is 4. The number of likely N-dealkylation sites (N-methyl/N-ethyl adjacent to an activating group) is 1. The first kappa shape index (κ1) is 10.7. The van der Waals surface area contributed by atoms with Gasteiger partial charge in [-0.3, -0.25) is 4.90 Å². The van der Waals surface area contributed by atoms with Crippen molar-refractivity contribution in [3.63, 3.8) is 0 Å². The molecule has 0 saturated heterocycles. The van der Waals surface area contributed by atoms with Crippen LogP contribution in [0.25, 0.3) is 0 Å². The smallest absolute Gasteiger partial charge is 0.0639 e. The van der Waals surface area contributed by atoms with Crippen molar-refractivity contribution in [3.8, 4) is 0 Å². The Morgan fingerprint density at radius 2 is 2.23 bits per heavy atom. The molecule has 3 heteroatoms. The van der Waals surface area contributed by atoms with E-state index in [1.807, 2.05) is 14.0 Å². The summed E-state index contributed by atoms with van der Waals surface area (Å²) in [5, 5.41) is 11.3. The fourth-order valence-corrected chi connectivity index (χ4v) is 2.17. The summed E-state index contributed by atoms with van der Waals surface area (Å²) in [5.74, 6) is 0. The van der Waals surface area contributed by atoms with Crippen LogP contribution in [0.2, 0.25) is 0 Å². The zero-order chi connectivity index (χ0) is 9.84. The number of hydrogen-bond acceptors (Lipinski definition) is 3. The molecule has 74 valence electrons. The molecule has 0 aromatic carbocycles. The van der Waals surface area contributed by atoms with E-state index in [0.29, 0.717) is 6.04 Å². The maximum absolute atomic E-state index is 9.23. The molecule has 1 N–H and O–H groups in total. The number of nitrogens with zero attached hydrogens (tertiary/aromatic N) is 1. The summed E-state index contributed by atoms with van der Waals surface area (Å²) in [6.07, 6.45) is -0.257. The molecule has 0 aliphatic carbocycles. The molecule has 0 fully saturated rings. The summed E-state index contributed by atoms with van der Waals surface area (Å²) >= 11 is 1.76. The third-order valence-electron chi connectivity index (χ3n) is 2.17. The lowest BCUT2D eigenvalue weighted by atomic mass is 10.2. The number of thiophene rings is 1. The van der Waals surface area contributed by atoms with Gasteiger partial charge in [0.15, 0.2) is 0 Å². The van der Waals surface area contributed by atoms with Crippen LogP contribution in [-0.4, -0.2) is 29.7 Å². The average molecular weight is 199 g/mol. The predicted octanol–water partition coefficient (Wildman–Crippen LogP) is 2.12. The van der Waals surface area contributed by atoms with Crippen LogP contribution in [0.4, 0.5) is 0 Å². The molecule has 0 saturated carbocycles. The summed E-state index contributed by atoms with van der Waals surface area (Å²) in [7, 11) is 2.04. The Hall–Kier alpha value is -0.380. The fraction of sp³-hybridized carbons (Fsp3) is 0.600. The second kappa shape index (κ2) is 4.74. The molecular formula is C10H17NOS. The normalized spacial score (nSPS) is 16.1. The highest BCUT2D eigenvalue weighted by Gasteiger charge is 2.13. The standard InChI is InChI=1S/C10H17NOS/c1-8(12)7-11(3)9(2)10-5-4-6-13-10/h4-6,8-9,12H,7H2,1-3H3. The predicted molar refractivity (Wildman–Crippen MR) is 57.0 cm³/mol. The molecule has 1 rings (SSSR count). The Labute approximate surface area is 83.8 Å². The lowest BCUT2D eigenvalue weighted by Gasteiger charge is -2.24. The average Bonchev–Trinajstić information content (AvgIpc) is 2.53. The van der Waals surface area contributed by atoms with Gasteiger partial charge in [-0.2, -0.15) is 0 Å². The zero-order valence-electron chi connectivity index (χ0n) is 8.40. The topological polar surface area (TPSA) is 23.5 Å². The maximum Gasteiger partial charge on any atom is 0.0639 e. The third kappa shape index (κ3) is 3.10. The lowest BCUT2D eigenvalue weighted by molar-refractivity contribution is 0.122. The molecule has 2 atom stereocenters. The summed E-state index contributed by atoms with van der Waals surface area (Å²) in [6.45, 7) is 4.70. The van der Waals surface area contributed by atoms with Crippen LogP contribution >= 0.6 is 11.3 Å². The van der Waals surface area contributed by atoms with E-state index in [2.05, 4.69) is 29.3 Å². The van der Waals surface area contributed by atoms with Gasteiger partial charge >= 0.3 is 0 Å². The van der Waals surface area contributed by atoms with Crippen LogP contribution in [0.3, 0.4) is 0 Å². The van der Waals surface area contributed by atoms with Crippen LogP contribution in [0.5, 0.6) is 0 Å². The molecule has 2 unspecified atom stereocenters. The Kier molecular flexibility index (Phi) is 3.90. The first-order chi connectivity index (χ1) is 6.11. The fourth-order valence-electron chi connectivity index (χ4n) is 1.32. The SMILES string of the molecule is CC(O)CN(C)C(C)c1cccs1. The molecule has 1 aromatic heterocycles. The first-order valence-electron chi connectivity index (χ1n) is 4.53. The van der Waals surface area contributed by atoms with E-state index in [1.54, 1.807) is 11.3 Å². The largest absolute Gasteiger partial charge is 0.392 e. The Bertz CT molecular complexity index is 233. The minimum absolute atomic E-state index is 0.257. The molecule has 0 spiro atoms. The van der Waals surface area contributed by atoms with Gasteiger partial charge < -0.3 is 5.11 Å². The minimum Gasteiger partial charge on any atom is -0.392 e. The van der Waals surface area contributed by atoms with E-state index >= 15 is 0 Å². The van der Waals surface area contributed by atoms with E-state index in [-0.39, 0.29) is 6.10 Å². The van der Waals surface area contributed by atoms with Crippen LogP contribution < -0.4 is 0 Å². The van der Waals surface area contributed by atoms with Crippen molar-refractivity contribution in [1.29, 1.82) is 0 Å². The van der Waals surface area contributed by atoms with Crippen molar-refractivity contribution in [2.45, 2.75) is 26.0 Å². The van der Waals surface area contributed by atoms with Gasteiger partial charge in [0.1, 0.15) is 0 Å². The Morgan fingerprint density at radius 3 is 2.69 bits per heavy atom. The van der Waals surface area contributed by atoms with E-state index in [4.69, 9.17) is 0 Å². The summed E-state index contributed by atoms with van der Waals surface area (Å²) in [4.78, 5) is 3.51. The molecule has 1 heterocycles. The van der Waals surface area contributed by atoms with E-state index in [0.717, 1.165) is 6.54 Å². The number of aliphatic hydroxyl groups is 1. The third-order valence-corrected chi connectivity index (χ3v) is 3.21. The summed E-state index contributed by atoms with van der Waals surface area (Å²) in [5.41, 5.74) is 0. The highest BCUT2D eigenvalue weighted by Crippen LogP contribution is 2.23. The van der Waals surface area contributed by atoms with Crippen molar-refractivity contribution >= 4 is 11.3 Å². The van der Waals surface area contributed by atoms with Gasteiger partial charge in [0.2, 0.25) is 0 Å². The van der Waals surface area contributed by atoms with Crippen molar-refractivity contribution in [1.82, 2.24) is 4.90 Å². The van der Waals surface area contributed by atoms with Gasteiger partial charge in [-0.25, -0.2) is 0 Å². The van der Waals surface area contributed by atoms with Gasteiger partial charge in [0.25, 0.3) is 0 Å². The molecule has 0 aliphatic heterocycles. The minimum atomic E-state index is -0.257. The van der Waals surface area contributed by atoms with E-state index in [1.165, 1.54) is 4.88 Å². The highest BCUT2D eigenvalue weighted by atomic mass is 32.1. The molecule has 13 heavy (non-hydrogen) atoms. The lowest BCUT2D eigenvalue weighted by Crippen LogP contribution is -2.29. The number of hydrogen-bond donors (Lipinski definition) is 1. The second-order valence-electron chi connectivity index (χ2n) is 3.48. The van der Waals surface area contributed by atoms with Crippen LogP contribution in [0, 0.1) is 0 Å². The van der Waals surface area contributed by atoms with Crippen LogP contribution in [0.15, 0.2) is 17.5 Å². The molecule has 2 nitrogen and oxygen atoms in total. The quantitative estimate of drug-likeness (QED) is 0.803. The monoisotopic (exact) mass is 199 g/mol. The van der Waals surface area contributed by atoms with Gasteiger partial charge in [-0.15, -0.1) is 11.3 Å². The summed E-state index contributed by atoms with van der Waals surface area (Å²) < 4.78 is 0. The van der Waals surface area contributed by atoms with Crippen LogP contribution in [0.1, 0.15) is 24.8 Å². The zero-order valence-corrected chi connectivity index (χ0v) is 9.21. The highest BCUT2D eigenvalue weighted by molar-refractivity contribution is 7.10. The molecule has 0 radical (unpaired) electrons. The number of aliphatic hydroxyl groups excluding tert-OH is 1. The Balaban J connectivity index is 2.52. The Morgan fingerprint density at radius 1 is 1.54 bits per heavy atom. The van der Waals surface area contributed by atoms with Crippen molar-refractivity contribution < 1.29 is 5.11 Å². The van der Waals surface area contributed by atoms with Crippen molar-refractivity contribution in [3.05, 3.63) is 22.4 Å². The van der Waals surface area contributed by atoms with Gasteiger partial charge in [0, 0.05) is 17.5 Å². The van der Waals surface area contributed by atoms with Crippen LogP contribution in [-0.2, 0) is 0 Å². The van der Waals surface area contributed by atoms with E-state index in [9.17, 15) is 5.11 Å². The first-order valence-corrected chi connectivity index (χ1v) is 5.41. The van der Waals surface area contributed by atoms with Gasteiger partial charge in [-0.1, -0.05) is 6.07 Å². The molecule has 0 amide bonds. The van der Waals surface area contributed by atoms with Gasteiger partial charge in [0.05, 0.1) is 6.10 Å². The van der Waals surface area contributed by atoms with E-state index < -0.39 is 0 Å². The maximum atomic E-state index is 9.23. The molecule has 0 aliphatic rings. The van der Waals surface area contributed by atoms with Crippen molar-refractivity contribution in [2.24, 2.45) is 0 Å².